The zero-order valence-corrected chi connectivity index (χ0v) is 10.2. The smallest absolute Gasteiger partial charge is 0.317 e. The Kier molecular flexibility index (Phi) is 4.23. The van der Waals surface area contributed by atoms with Crippen molar-refractivity contribution in [3.63, 3.8) is 0 Å². The third-order valence-corrected chi connectivity index (χ3v) is 3.70. The highest BCUT2D eigenvalue weighted by molar-refractivity contribution is 5.86. The number of hydrogen-bond donors (Lipinski definition) is 2. The Hall–Kier alpha value is -1.26. The number of carbonyl (C=O) groups excluding carboxylic acids is 1. The van der Waals surface area contributed by atoms with E-state index in [1.807, 2.05) is 4.90 Å². The van der Waals surface area contributed by atoms with Crippen LogP contribution in [0.2, 0.25) is 0 Å². The van der Waals surface area contributed by atoms with Crippen LogP contribution in [0.4, 0.5) is 4.79 Å². The molecule has 1 saturated carbocycles. The Morgan fingerprint density at radius 3 is 2.47 bits per heavy atom. The molecule has 0 bridgehead atoms. The maximum Gasteiger partial charge on any atom is 0.317 e. The van der Waals surface area contributed by atoms with E-state index in [0.717, 1.165) is 18.6 Å². The van der Waals surface area contributed by atoms with Crippen molar-refractivity contribution in [2.24, 2.45) is 5.16 Å². The molecule has 1 saturated heterocycles. The van der Waals surface area contributed by atoms with Crippen molar-refractivity contribution >= 4 is 11.7 Å². The molecular weight excluding hydrogens is 218 g/mol. The fourth-order valence-electron chi connectivity index (χ4n) is 2.58. The van der Waals surface area contributed by atoms with Gasteiger partial charge in [0.25, 0.3) is 0 Å². The molecule has 0 atom stereocenters. The SMILES string of the molecule is O=C(NC1CCCCC1)N1CCC(=NO)CC1. The van der Waals surface area contributed by atoms with Crippen LogP contribution in [0.3, 0.4) is 0 Å². The molecule has 0 aromatic heterocycles. The summed E-state index contributed by atoms with van der Waals surface area (Å²) in [7, 11) is 0. The summed E-state index contributed by atoms with van der Waals surface area (Å²) in [6, 6.07) is 0.415. The van der Waals surface area contributed by atoms with E-state index < -0.39 is 0 Å². The summed E-state index contributed by atoms with van der Waals surface area (Å²) >= 11 is 0. The monoisotopic (exact) mass is 239 g/mol. The zero-order valence-electron chi connectivity index (χ0n) is 10.2. The van der Waals surface area contributed by atoms with Crippen LogP contribution in [0.25, 0.3) is 0 Å². The van der Waals surface area contributed by atoms with Gasteiger partial charge in [-0.1, -0.05) is 24.4 Å². The normalized spacial score (nSPS) is 22.4. The zero-order chi connectivity index (χ0) is 12.1. The summed E-state index contributed by atoms with van der Waals surface area (Å²) in [5.41, 5.74) is 0.798. The van der Waals surface area contributed by atoms with E-state index in [4.69, 9.17) is 5.21 Å². The van der Waals surface area contributed by atoms with Crippen molar-refractivity contribution in [1.82, 2.24) is 10.2 Å². The van der Waals surface area contributed by atoms with Crippen molar-refractivity contribution in [2.75, 3.05) is 13.1 Å². The number of likely N-dealkylation sites (tertiary alicyclic amines) is 1. The van der Waals surface area contributed by atoms with Gasteiger partial charge < -0.3 is 15.4 Å². The minimum atomic E-state index is 0.0499. The van der Waals surface area contributed by atoms with Gasteiger partial charge in [0, 0.05) is 32.0 Å². The van der Waals surface area contributed by atoms with Crippen LogP contribution in [0.1, 0.15) is 44.9 Å². The highest BCUT2D eigenvalue weighted by Gasteiger charge is 2.23. The van der Waals surface area contributed by atoms with Crippen molar-refractivity contribution in [2.45, 2.75) is 51.0 Å². The number of hydrogen-bond acceptors (Lipinski definition) is 3. The molecule has 2 fully saturated rings. The van der Waals surface area contributed by atoms with Gasteiger partial charge in [-0.15, -0.1) is 0 Å². The minimum Gasteiger partial charge on any atom is -0.411 e. The standard InChI is InChI=1S/C12H21N3O2/c16-12(13-10-4-2-1-3-5-10)15-8-6-11(14-17)7-9-15/h10,17H,1-9H2,(H,13,16). The number of carbonyl (C=O) groups is 1. The number of nitrogens with zero attached hydrogens (tertiary/aromatic N) is 2. The van der Waals surface area contributed by atoms with Crippen molar-refractivity contribution in [3.8, 4) is 0 Å². The highest BCUT2D eigenvalue weighted by atomic mass is 16.4. The van der Waals surface area contributed by atoms with Gasteiger partial charge in [0.1, 0.15) is 0 Å². The number of urea groups is 1. The number of amides is 2. The van der Waals surface area contributed by atoms with Gasteiger partial charge in [0.05, 0.1) is 5.71 Å². The van der Waals surface area contributed by atoms with E-state index in [1.54, 1.807) is 0 Å². The van der Waals surface area contributed by atoms with Crippen LogP contribution in [-0.2, 0) is 0 Å². The van der Waals surface area contributed by atoms with Crippen molar-refractivity contribution in [1.29, 1.82) is 0 Å². The second-order valence-electron chi connectivity index (χ2n) is 4.94. The first-order valence-electron chi connectivity index (χ1n) is 6.55. The molecule has 2 aliphatic rings. The highest BCUT2D eigenvalue weighted by Crippen LogP contribution is 2.18. The lowest BCUT2D eigenvalue weighted by atomic mass is 9.96. The molecule has 0 spiro atoms. The van der Waals surface area contributed by atoms with E-state index in [1.165, 1.54) is 19.3 Å². The summed E-state index contributed by atoms with van der Waals surface area (Å²) in [6.07, 6.45) is 7.36. The number of oxime groups is 1. The van der Waals surface area contributed by atoms with Gasteiger partial charge in [-0.3, -0.25) is 0 Å². The van der Waals surface area contributed by atoms with Crippen LogP contribution in [0, 0.1) is 0 Å². The van der Waals surface area contributed by atoms with Crippen molar-refractivity contribution in [3.05, 3.63) is 0 Å². The molecule has 0 aromatic rings. The molecule has 2 amide bonds. The van der Waals surface area contributed by atoms with E-state index in [2.05, 4.69) is 10.5 Å². The third-order valence-electron chi connectivity index (χ3n) is 3.70. The lowest BCUT2D eigenvalue weighted by molar-refractivity contribution is 0.189. The second-order valence-corrected chi connectivity index (χ2v) is 4.94. The van der Waals surface area contributed by atoms with Crippen LogP contribution >= 0.6 is 0 Å². The van der Waals surface area contributed by atoms with Gasteiger partial charge in [-0.25, -0.2) is 4.79 Å². The molecule has 96 valence electrons. The Bertz CT molecular complexity index is 288. The number of rotatable bonds is 1. The lowest BCUT2D eigenvalue weighted by Crippen LogP contribution is -2.48. The fraction of sp³-hybridized carbons (Fsp3) is 0.833. The van der Waals surface area contributed by atoms with Crippen LogP contribution < -0.4 is 5.32 Å². The van der Waals surface area contributed by atoms with E-state index >= 15 is 0 Å². The van der Waals surface area contributed by atoms with E-state index in [0.29, 0.717) is 32.0 Å². The van der Waals surface area contributed by atoms with Gasteiger partial charge in [-0.05, 0) is 12.8 Å². The maximum atomic E-state index is 12.0. The summed E-state index contributed by atoms with van der Waals surface area (Å²) < 4.78 is 0. The number of nitrogens with one attached hydrogen (secondary N) is 1. The van der Waals surface area contributed by atoms with Gasteiger partial charge in [0.2, 0.25) is 0 Å². The Labute approximate surface area is 102 Å². The van der Waals surface area contributed by atoms with E-state index in [-0.39, 0.29) is 6.03 Å². The molecule has 1 aliphatic carbocycles. The van der Waals surface area contributed by atoms with Crippen LogP contribution in [-0.4, -0.2) is 41.0 Å². The predicted octanol–water partition coefficient (Wildman–Crippen LogP) is 1.95. The molecule has 0 aromatic carbocycles. The molecular formula is C12H21N3O2. The summed E-state index contributed by atoms with van der Waals surface area (Å²) in [4.78, 5) is 13.8. The molecule has 5 heteroatoms. The molecule has 5 nitrogen and oxygen atoms in total. The van der Waals surface area contributed by atoms with Gasteiger partial charge in [0.15, 0.2) is 0 Å². The minimum absolute atomic E-state index is 0.0499. The predicted molar refractivity (Wildman–Crippen MR) is 65.4 cm³/mol. The Balaban J connectivity index is 1.76. The average Bonchev–Trinajstić information content (AvgIpc) is 2.40. The van der Waals surface area contributed by atoms with Crippen LogP contribution in [0.15, 0.2) is 5.16 Å². The topological polar surface area (TPSA) is 64.9 Å². The quantitative estimate of drug-likeness (QED) is 0.542. The molecule has 0 unspecified atom stereocenters. The second kappa shape index (κ2) is 5.89. The molecule has 1 heterocycles. The van der Waals surface area contributed by atoms with Crippen molar-refractivity contribution < 1.29 is 10.0 Å². The molecule has 2 N–H and O–H groups in total. The van der Waals surface area contributed by atoms with Gasteiger partial charge >= 0.3 is 6.03 Å². The van der Waals surface area contributed by atoms with Gasteiger partial charge in [-0.2, -0.15) is 0 Å². The summed E-state index contributed by atoms with van der Waals surface area (Å²) in [6.45, 7) is 1.33. The third kappa shape index (κ3) is 3.35. The van der Waals surface area contributed by atoms with Crippen LogP contribution in [0.5, 0.6) is 0 Å². The molecule has 1 aliphatic heterocycles. The first-order chi connectivity index (χ1) is 8.29. The summed E-state index contributed by atoms with van der Waals surface area (Å²) in [5, 5.41) is 15.0. The Morgan fingerprint density at radius 1 is 1.24 bits per heavy atom. The first-order valence-corrected chi connectivity index (χ1v) is 6.55. The average molecular weight is 239 g/mol. The molecule has 2 rings (SSSR count). The first kappa shape index (κ1) is 12.2. The lowest BCUT2D eigenvalue weighted by Gasteiger charge is -2.30. The molecule has 0 radical (unpaired) electrons. The fourth-order valence-corrected chi connectivity index (χ4v) is 2.58. The maximum absolute atomic E-state index is 12.0. The molecule has 17 heavy (non-hydrogen) atoms. The van der Waals surface area contributed by atoms with E-state index in [9.17, 15) is 4.79 Å². The largest absolute Gasteiger partial charge is 0.411 e. The summed E-state index contributed by atoms with van der Waals surface area (Å²) in [5.74, 6) is 0. The number of piperidine rings is 1. The Morgan fingerprint density at radius 2 is 1.88 bits per heavy atom.